The Morgan fingerprint density at radius 3 is 2.32 bits per heavy atom. The predicted molar refractivity (Wildman–Crippen MR) is 105 cm³/mol. The first-order valence-electron chi connectivity index (χ1n) is 10.4. The van der Waals surface area contributed by atoms with Crippen LogP contribution < -0.4 is 10.6 Å². The molecular formula is C21H29FN4O2. The van der Waals surface area contributed by atoms with Crippen LogP contribution in [0.4, 0.5) is 10.1 Å². The van der Waals surface area contributed by atoms with E-state index in [1.807, 2.05) is 4.90 Å². The van der Waals surface area contributed by atoms with Gasteiger partial charge in [-0.2, -0.15) is 0 Å². The molecule has 7 heteroatoms. The molecule has 1 aromatic rings. The number of piperidine rings is 1. The number of carbonyl (C=O) groups excluding carboxylic acids is 2. The Hall–Kier alpha value is -1.99. The number of carbonyl (C=O) groups is 2. The Morgan fingerprint density at radius 1 is 1.04 bits per heavy atom. The molecule has 2 atom stereocenters. The molecule has 1 aromatic carbocycles. The fourth-order valence-corrected chi connectivity index (χ4v) is 4.81. The Kier molecular flexibility index (Phi) is 5.92. The van der Waals surface area contributed by atoms with Crippen LogP contribution in [-0.4, -0.2) is 66.4 Å². The second kappa shape index (κ2) is 8.57. The number of halogens is 1. The van der Waals surface area contributed by atoms with Crippen molar-refractivity contribution in [3.05, 3.63) is 30.1 Å². The summed E-state index contributed by atoms with van der Waals surface area (Å²) in [5.41, 5.74) is 0.594. The number of amides is 2. The maximum Gasteiger partial charge on any atom is 0.238 e. The fraction of sp³-hybridized carbons (Fsp3) is 0.619. The number of fused-ring (bicyclic) bond motifs is 2. The minimum atomic E-state index is -0.323. The molecule has 2 bridgehead atoms. The molecule has 0 radical (unpaired) electrons. The third-order valence-corrected chi connectivity index (χ3v) is 6.25. The number of nitrogens with one attached hydrogen (secondary N) is 2. The number of anilines is 1. The molecule has 2 unspecified atom stereocenters. The molecule has 152 valence electrons. The highest BCUT2D eigenvalue weighted by Crippen LogP contribution is 2.33. The minimum Gasteiger partial charge on any atom is -0.340 e. The summed E-state index contributed by atoms with van der Waals surface area (Å²) in [6, 6.07) is 7.00. The smallest absolute Gasteiger partial charge is 0.238 e. The van der Waals surface area contributed by atoms with E-state index in [4.69, 9.17) is 0 Å². The van der Waals surface area contributed by atoms with Gasteiger partial charge >= 0.3 is 0 Å². The number of hydrogen-bond acceptors (Lipinski definition) is 4. The zero-order chi connectivity index (χ0) is 19.5. The topological polar surface area (TPSA) is 64.7 Å². The number of rotatable bonds is 5. The second-order valence-corrected chi connectivity index (χ2v) is 8.39. The zero-order valence-corrected chi connectivity index (χ0v) is 16.2. The highest BCUT2D eigenvalue weighted by molar-refractivity contribution is 5.92. The van der Waals surface area contributed by atoms with Gasteiger partial charge in [-0.3, -0.25) is 14.5 Å². The van der Waals surface area contributed by atoms with E-state index in [9.17, 15) is 14.0 Å². The molecule has 4 rings (SSSR count). The van der Waals surface area contributed by atoms with E-state index in [1.165, 1.54) is 25.0 Å². The average Bonchev–Trinajstić information content (AvgIpc) is 3.02. The van der Waals surface area contributed by atoms with Crippen molar-refractivity contribution in [2.45, 2.75) is 44.2 Å². The molecule has 0 saturated carbocycles. The van der Waals surface area contributed by atoms with Gasteiger partial charge in [0.1, 0.15) is 5.82 Å². The summed E-state index contributed by atoms with van der Waals surface area (Å²) in [5.74, 6) is 0.347. The zero-order valence-electron chi connectivity index (χ0n) is 16.2. The quantitative estimate of drug-likeness (QED) is 0.808. The van der Waals surface area contributed by atoms with Crippen LogP contribution in [-0.2, 0) is 9.59 Å². The van der Waals surface area contributed by atoms with Crippen molar-refractivity contribution in [1.29, 1.82) is 0 Å². The van der Waals surface area contributed by atoms with Gasteiger partial charge in [0.05, 0.1) is 6.54 Å². The summed E-state index contributed by atoms with van der Waals surface area (Å²) >= 11 is 0. The SMILES string of the molecule is O=C(CN1CCN(C(=O)CC2CC3CCC(C2)N3)CC1)Nc1ccc(F)cc1. The van der Waals surface area contributed by atoms with Gasteiger partial charge in [0, 0.05) is 50.4 Å². The summed E-state index contributed by atoms with van der Waals surface area (Å²) < 4.78 is 12.9. The van der Waals surface area contributed by atoms with Crippen molar-refractivity contribution in [3.8, 4) is 0 Å². The van der Waals surface area contributed by atoms with E-state index in [-0.39, 0.29) is 24.2 Å². The van der Waals surface area contributed by atoms with Gasteiger partial charge in [0.15, 0.2) is 0 Å². The van der Waals surface area contributed by atoms with Gasteiger partial charge in [0.2, 0.25) is 11.8 Å². The van der Waals surface area contributed by atoms with Crippen LogP contribution in [0.15, 0.2) is 24.3 Å². The second-order valence-electron chi connectivity index (χ2n) is 8.39. The summed E-state index contributed by atoms with van der Waals surface area (Å²) in [6.45, 7) is 3.07. The van der Waals surface area contributed by atoms with E-state index < -0.39 is 0 Å². The lowest BCUT2D eigenvalue weighted by atomic mass is 9.89. The molecule has 2 N–H and O–H groups in total. The van der Waals surface area contributed by atoms with Gasteiger partial charge < -0.3 is 15.5 Å². The van der Waals surface area contributed by atoms with Gasteiger partial charge in [-0.15, -0.1) is 0 Å². The van der Waals surface area contributed by atoms with Crippen LogP contribution in [0.1, 0.15) is 32.1 Å². The molecule has 6 nitrogen and oxygen atoms in total. The molecule has 28 heavy (non-hydrogen) atoms. The lowest BCUT2D eigenvalue weighted by Gasteiger charge is -2.36. The van der Waals surface area contributed by atoms with Gasteiger partial charge in [-0.25, -0.2) is 4.39 Å². The van der Waals surface area contributed by atoms with E-state index in [1.54, 1.807) is 12.1 Å². The van der Waals surface area contributed by atoms with Gasteiger partial charge in [-0.1, -0.05) is 0 Å². The highest BCUT2D eigenvalue weighted by atomic mass is 19.1. The monoisotopic (exact) mass is 388 g/mol. The molecular weight excluding hydrogens is 359 g/mol. The molecule has 3 fully saturated rings. The van der Waals surface area contributed by atoms with Gasteiger partial charge in [0.25, 0.3) is 0 Å². The van der Waals surface area contributed by atoms with Crippen molar-refractivity contribution >= 4 is 17.5 Å². The molecule has 0 aromatic heterocycles. The number of benzene rings is 1. The highest BCUT2D eigenvalue weighted by Gasteiger charge is 2.35. The third kappa shape index (κ3) is 4.89. The van der Waals surface area contributed by atoms with Crippen molar-refractivity contribution in [2.24, 2.45) is 5.92 Å². The summed E-state index contributed by atoms with van der Waals surface area (Å²) in [7, 11) is 0. The lowest BCUT2D eigenvalue weighted by molar-refractivity contribution is -0.134. The van der Waals surface area contributed by atoms with Gasteiger partial charge in [-0.05, 0) is 55.9 Å². The fourth-order valence-electron chi connectivity index (χ4n) is 4.81. The van der Waals surface area contributed by atoms with Crippen LogP contribution in [0.25, 0.3) is 0 Å². The van der Waals surface area contributed by atoms with Crippen molar-refractivity contribution in [2.75, 3.05) is 38.0 Å². The van der Waals surface area contributed by atoms with E-state index in [0.717, 1.165) is 12.8 Å². The first-order chi connectivity index (χ1) is 13.5. The number of piperazine rings is 1. The molecule has 0 spiro atoms. The maximum atomic E-state index is 12.9. The van der Waals surface area contributed by atoms with Crippen LogP contribution >= 0.6 is 0 Å². The number of hydrogen-bond donors (Lipinski definition) is 2. The lowest BCUT2D eigenvalue weighted by Crippen LogP contribution is -2.51. The number of nitrogens with zero attached hydrogens (tertiary/aromatic N) is 2. The summed E-state index contributed by atoms with van der Waals surface area (Å²) in [6.07, 6.45) is 5.44. The molecule has 3 heterocycles. The van der Waals surface area contributed by atoms with Crippen LogP contribution in [0.3, 0.4) is 0 Å². The standard InChI is InChI=1S/C21H29FN4O2/c22-16-1-3-17(4-2-16)24-20(27)14-25-7-9-26(10-8-25)21(28)13-15-11-18-5-6-19(12-15)23-18/h1-4,15,18-19,23H,5-14H2,(H,24,27). The van der Waals surface area contributed by atoms with Crippen molar-refractivity contribution in [3.63, 3.8) is 0 Å². The van der Waals surface area contributed by atoms with E-state index in [0.29, 0.717) is 56.3 Å². The summed E-state index contributed by atoms with van der Waals surface area (Å²) in [4.78, 5) is 28.9. The van der Waals surface area contributed by atoms with E-state index in [2.05, 4.69) is 15.5 Å². The Bertz CT molecular complexity index is 691. The van der Waals surface area contributed by atoms with Crippen LogP contribution in [0.2, 0.25) is 0 Å². The molecule has 2 amide bonds. The van der Waals surface area contributed by atoms with Crippen LogP contribution in [0.5, 0.6) is 0 Å². The first kappa shape index (κ1) is 19.3. The Labute approximate surface area is 165 Å². The van der Waals surface area contributed by atoms with Crippen molar-refractivity contribution in [1.82, 2.24) is 15.1 Å². The normalized spacial score (nSPS) is 27.6. The Morgan fingerprint density at radius 2 is 1.68 bits per heavy atom. The molecule has 3 aliphatic heterocycles. The maximum absolute atomic E-state index is 12.9. The summed E-state index contributed by atoms with van der Waals surface area (Å²) in [5, 5.41) is 6.41. The predicted octanol–water partition coefficient (Wildman–Crippen LogP) is 1.83. The molecule has 3 aliphatic rings. The van der Waals surface area contributed by atoms with Crippen molar-refractivity contribution < 1.29 is 14.0 Å². The third-order valence-electron chi connectivity index (χ3n) is 6.25. The van der Waals surface area contributed by atoms with E-state index >= 15 is 0 Å². The molecule has 3 saturated heterocycles. The Balaban J connectivity index is 1.18. The minimum absolute atomic E-state index is 0.114. The largest absolute Gasteiger partial charge is 0.340 e. The molecule has 0 aliphatic carbocycles. The average molecular weight is 388 g/mol. The van der Waals surface area contributed by atoms with Crippen LogP contribution in [0, 0.1) is 11.7 Å². The first-order valence-corrected chi connectivity index (χ1v) is 10.4.